The summed E-state index contributed by atoms with van der Waals surface area (Å²) in [7, 11) is 0. The fourth-order valence-electron chi connectivity index (χ4n) is 2.72. The molecule has 2 nitrogen and oxygen atoms in total. The molecule has 0 bridgehead atoms. The molecule has 0 amide bonds. The summed E-state index contributed by atoms with van der Waals surface area (Å²) in [6, 6.07) is 12.9. The van der Waals surface area contributed by atoms with Gasteiger partial charge >= 0.3 is 0 Å². The van der Waals surface area contributed by atoms with E-state index in [1.54, 1.807) is 6.07 Å². The van der Waals surface area contributed by atoms with Gasteiger partial charge in [0.15, 0.2) is 0 Å². The van der Waals surface area contributed by atoms with E-state index in [2.05, 4.69) is 5.32 Å². The largest absolute Gasteiger partial charge is 0.392 e. The van der Waals surface area contributed by atoms with Gasteiger partial charge in [-0.25, -0.2) is 4.39 Å². The fourth-order valence-corrected chi connectivity index (χ4v) is 2.72. The Kier molecular flexibility index (Phi) is 3.22. The van der Waals surface area contributed by atoms with Crippen molar-refractivity contribution >= 4 is 5.69 Å². The molecule has 1 aliphatic rings. The van der Waals surface area contributed by atoms with E-state index < -0.39 is 0 Å². The quantitative estimate of drug-likeness (QED) is 0.883. The van der Waals surface area contributed by atoms with Crippen molar-refractivity contribution < 1.29 is 9.50 Å². The third-order valence-corrected chi connectivity index (χ3v) is 3.70. The van der Waals surface area contributed by atoms with Crippen molar-refractivity contribution in [2.24, 2.45) is 0 Å². The maximum Gasteiger partial charge on any atom is 0.123 e. The predicted octanol–water partition coefficient (Wildman–Crippen LogP) is 3.42. The fraction of sp³-hybridized carbons (Fsp3) is 0.250. The first-order chi connectivity index (χ1) is 9.28. The molecule has 3 rings (SSSR count). The molecule has 0 fully saturated rings. The SMILES string of the molecule is OCc1ccccc1NC1CCc2cc(F)ccc21. The zero-order valence-electron chi connectivity index (χ0n) is 10.6. The second-order valence-electron chi connectivity index (χ2n) is 4.89. The van der Waals surface area contributed by atoms with Crippen LogP contribution in [0.3, 0.4) is 0 Å². The maximum atomic E-state index is 13.2. The Morgan fingerprint density at radius 2 is 2.05 bits per heavy atom. The standard InChI is InChI=1S/C16H16FNO/c17-13-6-7-14-11(9-13)5-8-16(14)18-15-4-2-1-3-12(15)10-19/h1-4,6-7,9,16,18-19H,5,8,10H2. The molecule has 19 heavy (non-hydrogen) atoms. The Morgan fingerprint density at radius 1 is 1.21 bits per heavy atom. The molecule has 2 N–H and O–H groups in total. The minimum absolute atomic E-state index is 0.0200. The molecule has 3 heteroatoms. The lowest BCUT2D eigenvalue weighted by Gasteiger charge is -2.17. The van der Waals surface area contributed by atoms with E-state index in [0.29, 0.717) is 0 Å². The molecule has 2 aromatic rings. The normalized spacial score (nSPS) is 17.3. The summed E-state index contributed by atoms with van der Waals surface area (Å²) >= 11 is 0. The van der Waals surface area contributed by atoms with Crippen molar-refractivity contribution in [1.29, 1.82) is 0 Å². The van der Waals surface area contributed by atoms with Crippen LogP contribution >= 0.6 is 0 Å². The molecule has 98 valence electrons. The molecule has 2 aromatic carbocycles. The third kappa shape index (κ3) is 2.34. The first kappa shape index (κ1) is 12.2. The summed E-state index contributed by atoms with van der Waals surface area (Å²) in [6.45, 7) is 0.0200. The van der Waals surface area contributed by atoms with Crippen LogP contribution in [0.5, 0.6) is 0 Å². The molecule has 1 unspecified atom stereocenters. The minimum Gasteiger partial charge on any atom is -0.392 e. The highest BCUT2D eigenvalue weighted by Gasteiger charge is 2.23. The van der Waals surface area contributed by atoms with Crippen molar-refractivity contribution in [2.75, 3.05) is 5.32 Å². The number of halogens is 1. The van der Waals surface area contributed by atoms with Crippen LogP contribution < -0.4 is 5.32 Å². The van der Waals surface area contributed by atoms with Gasteiger partial charge in [-0.2, -0.15) is 0 Å². The van der Waals surface area contributed by atoms with Crippen LogP contribution in [-0.4, -0.2) is 5.11 Å². The summed E-state index contributed by atoms with van der Waals surface area (Å²) in [6.07, 6.45) is 1.85. The molecule has 0 spiro atoms. The number of aliphatic hydroxyl groups excluding tert-OH is 1. The number of benzene rings is 2. The van der Waals surface area contributed by atoms with E-state index in [0.717, 1.165) is 35.2 Å². The van der Waals surface area contributed by atoms with Crippen molar-refractivity contribution in [3.63, 3.8) is 0 Å². The Hall–Kier alpha value is -1.87. The molecule has 0 aromatic heterocycles. The predicted molar refractivity (Wildman–Crippen MR) is 73.4 cm³/mol. The lowest BCUT2D eigenvalue weighted by atomic mass is 10.1. The van der Waals surface area contributed by atoms with Gasteiger partial charge in [-0.15, -0.1) is 0 Å². The van der Waals surface area contributed by atoms with Crippen LogP contribution in [0.4, 0.5) is 10.1 Å². The molecule has 1 atom stereocenters. The van der Waals surface area contributed by atoms with Crippen LogP contribution in [-0.2, 0) is 13.0 Å². The average molecular weight is 257 g/mol. The number of aryl methyl sites for hydroxylation is 1. The van der Waals surface area contributed by atoms with Gasteiger partial charge in [0, 0.05) is 11.3 Å². The topological polar surface area (TPSA) is 32.3 Å². The Morgan fingerprint density at radius 3 is 2.89 bits per heavy atom. The van der Waals surface area contributed by atoms with Gasteiger partial charge in [-0.3, -0.25) is 0 Å². The number of anilines is 1. The molecule has 1 aliphatic carbocycles. The number of hydrogen-bond donors (Lipinski definition) is 2. The first-order valence-corrected chi connectivity index (χ1v) is 6.51. The zero-order chi connectivity index (χ0) is 13.2. The molecule has 0 heterocycles. The van der Waals surface area contributed by atoms with E-state index in [-0.39, 0.29) is 18.5 Å². The van der Waals surface area contributed by atoms with Crippen LogP contribution in [0.2, 0.25) is 0 Å². The molecular weight excluding hydrogens is 241 g/mol. The Labute approximate surface area is 111 Å². The second kappa shape index (κ2) is 5.02. The lowest BCUT2D eigenvalue weighted by molar-refractivity contribution is 0.282. The van der Waals surface area contributed by atoms with Gasteiger partial charge in [-0.1, -0.05) is 24.3 Å². The van der Waals surface area contributed by atoms with Crippen LogP contribution in [0.15, 0.2) is 42.5 Å². The highest BCUT2D eigenvalue weighted by molar-refractivity contribution is 5.53. The van der Waals surface area contributed by atoms with Gasteiger partial charge in [0.2, 0.25) is 0 Å². The zero-order valence-corrected chi connectivity index (χ0v) is 10.6. The molecule has 0 aliphatic heterocycles. The minimum atomic E-state index is -0.171. The molecule has 0 radical (unpaired) electrons. The monoisotopic (exact) mass is 257 g/mol. The molecular formula is C16H16FNO. The first-order valence-electron chi connectivity index (χ1n) is 6.51. The number of aliphatic hydroxyl groups is 1. The Balaban J connectivity index is 1.87. The van der Waals surface area contributed by atoms with Gasteiger partial charge in [0.05, 0.1) is 12.6 Å². The average Bonchev–Trinajstić information content (AvgIpc) is 2.82. The summed E-state index contributed by atoms with van der Waals surface area (Å²) in [5.41, 5.74) is 4.08. The number of fused-ring (bicyclic) bond motifs is 1. The van der Waals surface area contributed by atoms with E-state index in [9.17, 15) is 9.50 Å². The van der Waals surface area contributed by atoms with Crippen LogP contribution in [0.1, 0.15) is 29.2 Å². The summed E-state index contributed by atoms with van der Waals surface area (Å²) in [4.78, 5) is 0. The summed E-state index contributed by atoms with van der Waals surface area (Å²) < 4.78 is 13.2. The van der Waals surface area contributed by atoms with E-state index in [1.807, 2.05) is 30.3 Å². The number of nitrogens with one attached hydrogen (secondary N) is 1. The van der Waals surface area contributed by atoms with Crippen molar-refractivity contribution in [2.45, 2.75) is 25.5 Å². The summed E-state index contributed by atoms with van der Waals surface area (Å²) in [5.74, 6) is -0.171. The molecule has 0 saturated heterocycles. The second-order valence-corrected chi connectivity index (χ2v) is 4.89. The van der Waals surface area contributed by atoms with Gasteiger partial charge in [0.1, 0.15) is 5.82 Å². The van der Waals surface area contributed by atoms with Crippen molar-refractivity contribution in [3.8, 4) is 0 Å². The number of para-hydroxylation sites is 1. The van der Waals surface area contributed by atoms with Gasteiger partial charge in [-0.05, 0) is 42.2 Å². The maximum absolute atomic E-state index is 13.2. The van der Waals surface area contributed by atoms with Crippen molar-refractivity contribution in [3.05, 3.63) is 65.0 Å². The highest BCUT2D eigenvalue weighted by Crippen LogP contribution is 2.34. The summed E-state index contributed by atoms with van der Waals surface area (Å²) in [5, 5.41) is 12.8. The number of rotatable bonds is 3. The van der Waals surface area contributed by atoms with E-state index in [1.165, 1.54) is 6.07 Å². The smallest absolute Gasteiger partial charge is 0.123 e. The van der Waals surface area contributed by atoms with Crippen LogP contribution in [0, 0.1) is 5.82 Å². The third-order valence-electron chi connectivity index (χ3n) is 3.70. The van der Waals surface area contributed by atoms with Crippen LogP contribution in [0.25, 0.3) is 0 Å². The van der Waals surface area contributed by atoms with Gasteiger partial charge in [0.25, 0.3) is 0 Å². The number of hydrogen-bond acceptors (Lipinski definition) is 2. The Bertz CT molecular complexity index is 597. The lowest BCUT2D eigenvalue weighted by Crippen LogP contribution is -2.09. The van der Waals surface area contributed by atoms with E-state index in [4.69, 9.17) is 0 Å². The van der Waals surface area contributed by atoms with E-state index >= 15 is 0 Å². The van der Waals surface area contributed by atoms with Crippen molar-refractivity contribution in [1.82, 2.24) is 0 Å². The molecule has 0 saturated carbocycles. The van der Waals surface area contributed by atoms with Gasteiger partial charge < -0.3 is 10.4 Å². The highest BCUT2D eigenvalue weighted by atomic mass is 19.1.